The van der Waals surface area contributed by atoms with E-state index in [0.717, 1.165) is 64.2 Å². The van der Waals surface area contributed by atoms with Gasteiger partial charge in [0, 0.05) is 19.3 Å². The zero-order valence-corrected chi connectivity index (χ0v) is 56.5. The van der Waals surface area contributed by atoms with Gasteiger partial charge in [-0.2, -0.15) is 0 Å². The van der Waals surface area contributed by atoms with Crippen LogP contribution in [0, 0.1) is 0 Å². The Morgan fingerprint density at radius 3 is 0.663 bits per heavy atom. The minimum Gasteiger partial charge on any atom is -0.462 e. The van der Waals surface area contributed by atoms with Gasteiger partial charge >= 0.3 is 17.9 Å². The van der Waals surface area contributed by atoms with Crippen LogP contribution in [0.2, 0.25) is 0 Å². The summed E-state index contributed by atoms with van der Waals surface area (Å²) < 4.78 is 17.0. The lowest BCUT2D eigenvalue weighted by Crippen LogP contribution is -2.30. The highest BCUT2D eigenvalue weighted by atomic mass is 16.6. The zero-order chi connectivity index (χ0) is 59.9. The summed E-state index contributed by atoms with van der Waals surface area (Å²) in [5.41, 5.74) is 0. The third-order valence-electron chi connectivity index (χ3n) is 17.5. The second-order valence-electron chi connectivity index (χ2n) is 25.9. The molecule has 0 heterocycles. The van der Waals surface area contributed by atoms with E-state index in [-0.39, 0.29) is 31.1 Å². The van der Waals surface area contributed by atoms with E-state index >= 15 is 0 Å². The third-order valence-corrected chi connectivity index (χ3v) is 17.5. The molecule has 0 aromatic carbocycles. The maximum atomic E-state index is 13.0. The van der Waals surface area contributed by atoms with E-state index in [1.807, 2.05) is 0 Å². The molecule has 0 saturated heterocycles. The van der Waals surface area contributed by atoms with Gasteiger partial charge in [-0.25, -0.2) is 0 Å². The largest absolute Gasteiger partial charge is 0.462 e. The van der Waals surface area contributed by atoms with Crippen LogP contribution in [0.3, 0.4) is 0 Å². The molecule has 0 bridgehead atoms. The van der Waals surface area contributed by atoms with E-state index in [9.17, 15) is 14.4 Å². The summed E-state index contributed by atoms with van der Waals surface area (Å²) in [5, 5.41) is 0. The van der Waals surface area contributed by atoms with E-state index in [4.69, 9.17) is 14.2 Å². The van der Waals surface area contributed by atoms with Crippen LogP contribution in [0.25, 0.3) is 0 Å². The molecule has 0 amide bonds. The molecule has 83 heavy (non-hydrogen) atoms. The Balaban J connectivity index is 4.14. The summed E-state index contributed by atoms with van der Waals surface area (Å²) in [6.07, 6.45) is 89.5. The summed E-state index contributed by atoms with van der Waals surface area (Å²) in [5.74, 6) is -0.826. The molecule has 490 valence electrons. The number of carbonyl (C=O) groups is 3. The molecular weight excluding hydrogens is 1020 g/mol. The quantitative estimate of drug-likeness (QED) is 0.0261. The number of hydrogen-bond acceptors (Lipinski definition) is 6. The molecule has 0 aromatic rings. The van der Waals surface area contributed by atoms with Crippen LogP contribution in [-0.4, -0.2) is 37.2 Å². The van der Waals surface area contributed by atoms with Crippen LogP contribution < -0.4 is 0 Å². The topological polar surface area (TPSA) is 78.9 Å². The Morgan fingerprint density at radius 2 is 0.434 bits per heavy atom. The highest BCUT2D eigenvalue weighted by molar-refractivity contribution is 5.71. The van der Waals surface area contributed by atoms with Gasteiger partial charge < -0.3 is 14.2 Å². The van der Waals surface area contributed by atoms with E-state index in [2.05, 4.69) is 45.1 Å². The van der Waals surface area contributed by atoms with Crippen molar-refractivity contribution in [2.45, 2.75) is 438 Å². The number of allylic oxidation sites excluding steroid dienone is 4. The van der Waals surface area contributed by atoms with Gasteiger partial charge in [-0.05, 0) is 51.4 Å². The summed E-state index contributed by atoms with van der Waals surface area (Å²) in [6.45, 7) is 6.72. The molecule has 0 aliphatic carbocycles. The summed E-state index contributed by atoms with van der Waals surface area (Å²) in [6, 6.07) is 0. The maximum Gasteiger partial charge on any atom is 0.306 e. The van der Waals surface area contributed by atoms with Crippen LogP contribution in [0.1, 0.15) is 432 Å². The molecule has 0 rings (SSSR count). The van der Waals surface area contributed by atoms with E-state index in [0.29, 0.717) is 19.3 Å². The van der Waals surface area contributed by atoms with Gasteiger partial charge in [0.15, 0.2) is 6.10 Å². The van der Waals surface area contributed by atoms with Gasteiger partial charge in [0.1, 0.15) is 13.2 Å². The molecule has 0 N–H and O–H groups in total. The SMILES string of the molecule is CCCCCCC/C=C\C/C=C\CCCCCCCCCCCCCCCCCCCC(=O)OCC(COC(=O)CCCCCCCCCCCCCC)OC(=O)CCCCCCCCCCCCCCCCCCCCCCCCCC. The summed E-state index contributed by atoms with van der Waals surface area (Å²) in [7, 11) is 0. The molecule has 0 spiro atoms. The van der Waals surface area contributed by atoms with Crippen molar-refractivity contribution in [1.29, 1.82) is 0 Å². The molecule has 1 atom stereocenters. The van der Waals surface area contributed by atoms with Crippen LogP contribution in [-0.2, 0) is 28.6 Å². The molecule has 6 nitrogen and oxygen atoms in total. The van der Waals surface area contributed by atoms with Gasteiger partial charge in [-0.15, -0.1) is 0 Å². The average Bonchev–Trinajstić information content (AvgIpc) is 3.49. The normalized spacial score (nSPS) is 12.1. The zero-order valence-electron chi connectivity index (χ0n) is 56.5. The number of carbonyl (C=O) groups excluding carboxylic acids is 3. The highest BCUT2D eigenvalue weighted by Gasteiger charge is 2.20. The van der Waals surface area contributed by atoms with Gasteiger partial charge in [-0.3, -0.25) is 14.4 Å². The number of esters is 3. The first-order chi connectivity index (χ1) is 41.0. The van der Waals surface area contributed by atoms with Crippen molar-refractivity contribution < 1.29 is 28.6 Å². The fraction of sp³-hybridized carbons (Fsp3) is 0.909. The Kier molecular flexibility index (Phi) is 70.5. The van der Waals surface area contributed by atoms with Crippen LogP contribution in [0.4, 0.5) is 0 Å². The molecule has 0 radical (unpaired) electrons. The van der Waals surface area contributed by atoms with Gasteiger partial charge in [0.05, 0.1) is 0 Å². The fourth-order valence-corrected chi connectivity index (χ4v) is 11.8. The van der Waals surface area contributed by atoms with Crippen LogP contribution >= 0.6 is 0 Å². The Morgan fingerprint density at radius 1 is 0.241 bits per heavy atom. The van der Waals surface area contributed by atoms with Gasteiger partial charge in [-0.1, -0.05) is 385 Å². The molecule has 0 aliphatic heterocycles. The summed E-state index contributed by atoms with van der Waals surface area (Å²) in [4.78, 5) is 38.5. The molecule has 6 heteroatoms. The highest BCUT2D eigenvalue weighted by Crippen LogP contribution is 2.19. The second-order valence-corrected chi connectivity index (χ2v) is 25.9. The predicted octanol–water partition coefficient (Wildman–Crippen LogP) is 26.1. The minimum absolute atomic E-state index is 0.0631. The second kappa shape index (κ2) is 72.4. The summed E-state index contributed by atoms with van der Waals surface area (Å²) >= 11 is 0. The molecule has 0 fully saturated rings. The van der Waals surface area contributed by atoms with Crippen molar-refractivity contribution in [2.75, 3.05) is 13.2 Å². The first kappa shape index (κ1) is 80.9. The van der Waals surface area contributed by atoms with Crippen LogP contribution in [0.15, 0.2) is 24.3 Å². The van der Waals surface area contributed by atoms with Crippen molar-refractivity contribution in [1.82, 2.24) is 0 Å². The van der Waals surface area contributed by atoms with Crippen molar-refractivity contribution in [3.05, 3.63) is 24.3 Å². The van der Waals surface area contributed by atoms with Crippen molar-refractivity contribution >= 4 is 17.9 Å². The number of rotatable bonds is 71. The Labute approximate surface area is 519 Å². The molecular formula is C77H146O6. The monoisotopic (exact) mass is 1170 g/mol. The Bertz CT molecular complexity index is 1340. The smallest absolute Gasteiger partial charge is 0.306 e. The molecule has 0 aromatic heterocycles. The van der Waals surface area contributed by atoms with E-state index in [1.165, 1.54) is 327 Å². The lowest BCUT2D eigenvalue weighted by molar-refractivity contribution is -0.167. The molecule has 0 saturated carbocycles. The standard InChI is InChI=1S/C77H146O6/c1-4-7-10-13-16-19-22-25-27-29-31-33-35-37-38-39-40-41-43-44-46-48-50-52-55-58-61-64-67-70-76(79)82-73-74(72-81-75(78)69-66-63-60-57-54-24-21-18-15-12-9-6-3)83-77(80)71-68-65-62-59-56-53-51-49-47-45-42-36-34-32-30-28-26-23-20-17-14-11-8-5-2/h22,25,29,31,74H,4-21,23-24,26-28,30,32-73H2,1-3H3/b25-22-,31-29-. The average molecular weight is 1170 g/mol. The van der Waals surface area contributed by atoms with E-state index in [1.54, 1.807) is 0 Å². The van der Waals surface area contributed by atoms with E-state index < -0.39 is 6.10 Å². The fourth-order valence-electron chi connectivity index (χ4n) is 11.8. The number of ether oxygens (including phenoxy) is 3. The van der Waals surface area contributed by atoms with Crippen LogP contribution in [0.5, 0.6) is 0 Å². The van der Waals surface area contributed by atoms with Gasteiger partial charge in [0.25, 0.3) is 0 Å². The number of unbranched alkanes of at least 4 members (excludes halogenated alkanes) is 56. The molecule has 0 aliphatic rings. The lowest BCUT2D eigenvalue weighted by Gasteiger charge is -2.18. The molecule has 1 unspecified atom stereocenters. The van der Waals surface area contributed by atoms with Crippen molar-refractivity contribution in [2.24, 2.45) is 0 Å². The lowest BCUT2D eigenvalue weighted by atomic mass is 10.0. The van der Waals surface area contributed by atoms with Gasteiger partial charge in [0.2, 0.25) is 0 Å². The minimum atomic E-state index is -0.767. The Hall–Kier alpha value is -2.11. The first-order valence-corrected chi connectivity index (χ1v) is 37.8. The first-order valence-electron chi connectivity index (χ1n) is 37.8. The third kappa shape index (κ3) is 70.5. The maximum absolute atomic E-state index is 13.0. The number of hydrogen-bond donors (Lipinski definition) is 0. The van der Waals surface area contributed by atoms with Crippen molar-refractivity contribution in [3.8, 4) is 0 Å². The van der Waals surface area contributed by atoms with Crippen molar-refractivity contribution in [3.63, 3.8) is 0 Å². The predicted molar refractivity (Wildman–Crippen MR) is 363 cm³/mol.